The van der Waals surface area contributed by atoms with E-state index in [-0.39, 0.29) is 6.04 Å². The minimum atomic E-state index is -0.692. The largest absolute Gasteiger partial charge is 0.480 e. The van der Waals surface area contributed by atoms with Gasteiger partial charge in [-0.1, -0.05) is 0 Å². The molecule has 0 bridgehead atoms. The fraction of sp³-hybridized carbons (Fsp3) is 0.923. The van der Waals surface area contributed by atoms with Gasteiger partial charge in [-0.25, -0.2) is 0 Å². The Morgan fingerprint density at radius 2 is 1.82 bits per heavy atom. The molecule has 0 aromatic heterocycles. The molecule has 4 heteroatoms. The molecule has 2 heterocycles. The van der Waals surface area contributed by atoms with Crippen LogP contribution in [-0.4, -0.2) is 59.6 Å². The van der Waals surface area contributed by atoms with Crippen molar-refractivity contribution in [1.29, 1.82) is 0 Å². The first-order valence-electron chi connectivity index (χ1n) is 6.86. The molecule has 2 rings (SSSR count). The van der Waals surface area contributed by atoms with Crippen LogP contribution in [0.15, 0.2) is 0 Å². The van der Waals surface area contributed by atoms with E-state index in [0.717, 1.165) is 31.8 Å². The summed E-state index contributed by atoms with van der Waals surface area (Å²) in [5.74, 6) is 0.0911. The average molecular weight is 240 g/mol. The van der Waals surface area contributed by atoms with Crippen LogP contribution in [0.4, 0.5) is 0 Å². The second kappa shape index (κ2) is 5.83. The quantitative estimate of drug-likeness (QED) is 0.803. The Kier molecular flexibility index (Phi) is 4.40. The average Bonchev–Trinajstić information content (AvgIpc) is 2.82. The number of piperidine rings is 1. The summed E-state index contributed by atoms with van der Waals surface area (Å²) in [6.07, 6.45) is 5.03. The maximum atomic E-state index is 10.9. The van der Waals surface area contributed by atoms with Crippen LogP contribution >= 0.6 is 0 Å². The summed E-state index contributed by atoms with van der Waals surface area (Å²) in [6, 6.07) is -0.317. The molecule has 0 aliphatic carbocycles. The number of aliphatic carboxylic acids is 1. The second-order valence-electron chi connectivity index (χ2n) is 5.50. The summed E-state index contributed by atoms with van der Waals surface area (Å²) >= 11 is 0. The fourth-order valence-electron chi connectivity index (χ4n) is 3.01. The standard InChI is InChI=1S/C13H24N2O2/c1-11(13(16)17)15-8-4-12(5-9-15)10-14-6-2-3-7-14/h11-12H,2-10H2,1H3,(H,16,17). The summed E-state index contributed by atoms with van der Waals surface area (Å²) in [7, 11) is 0. The molecule has 2 aliphatic heterocycles. The van der Waals surface area contributed by atoms with Crippen LogP contribution in [0.2, 0.25) is 0 Å². The van der Waals surface area contributed by atoms with Gasteiger partial charge in [-0.2, -0.15) is 0 Å². The molecular formula is C13H24N2O2. The molecule has 2 saturated heterocycles. The molecule has 0 aromatic rings. The minimum Gasteiger partial charge on any atom is -0.480 e. The van der Waals surface area contributed by atoms with Gasteiger partial charge in [-0.3, -0.25) is 9.69 Å². The molecule has 0 saturated carbocycles. The first-order valence-corrected chi connectivity index (χ1v) is 6.86. The predicted molar refractivity (Wildman–Crippen MR) is 67.1 cm³/mol. The van der Waals surface area contributed by atoms with Crippen molar-refractivity contribution in [2.24, 2.45) is 5.92 Å². The van der Waals surface area contributed by atoms with E-state index in [1.165, 1.54) is 32.5 Å². The van der Waals surface area contributed by atoms with Crippen molar-refractivity contribution in [3.8, 4) is 0 Å². The van der Waals surface area contributed by atoms with E-state index in [0.29, 0.717) is 0 Å². The molecule has 98 valence electrons. The number of carboxylic acids is 1. The number of rotatable bonds is 4. The third kappa shape index (κ3) is 3.42. The van der Waals surface area contributed by atoms with Gasteiger partial charge in [0.05, 0.1) is 0 Å². The van der Waals surface area contributed by atoms with Gasteiger partial charge in [0.15, 0.2) is 0 Å². The Morgan fingerprint density at radius 3 is 2.35 bits per heavy atom. The van der Waals surface area contributed by atoms with Crippen molar-refractivity contribution in [3.05, 3.63) is 0 Å². The molecule has 2 fully saturated rings. The van der Waals surface area contributed by atoms with Crippen LogP contribution < -0.4 is 0 Å². The Labute approximate surface area is 104 Å². The molecule has 2 aliphatic rings. The molecule has 0 amide bonds. The van der Waals surface area contributed by atoms with Gasteiger partial charge in [-0.05, 0) is 64.7 Å². The van der Waals surface area contributed by atoms with E-state index >= 15 is 0 Å². The van der Waals surface area contributed by atoms with Gasteiger partial charge in [0, 0.05) is 6.54 Å². The van der Waals surface area contributed by atoms with Crippen LogP contribution in [-0.2, 0) is 4.79 Å². The summed E-state index contributed by atoms with van der Waals surface area (Å²) in [6.45, 7) is 7.47. The Balaban J connectivity index is 1.72. The third-order valence-electron chi connectivity index (χ3n) is 4.27. The summed E-state index contributed by atoms with van der Waals surface area (Å²) in [5.41, 5.74) is 0. The van der Waals surface area contributed by atoms with Gasteiger partial charge >= 0.3 is 5.97 Å². The van der Waals surface area contributed by atoms with E-state index in [4.69, 9.17) is 5.11 Å². The van der Waals surface area contributed by atoms with Gasteiger partial charge < -0.3 is 10.0 Å². The maximum absolute atomic E-state index is 10.9. The molecule has 4 nitrogen and oxygen atoms in total. The molecule has 0 radical (unpaired) electrons. The molecule has 17 heavy (non-hydrogen) atoms. The highest BCUT2D eigenvalue weighted by Gasteiger charge is 2.27. The highest BCUT2D eigenvalue weighted by molar-refractivity contribution is 5.72. The molecule has 0 spiro atoms. The lowest BCUT2D eigenvalue weighted by molar-refractivity contribution is -0.143. The van der Waals surface area contributed by atoms with Crippen LogP contribution in [0.5, 0.6) is 0 Å². The van der Waals surface area contributed by atoms with Crippen molar-refractivity contribution in [1.82, 2.24) is 9.80 Å². The Morgan fingerprint density at radius 1 is 1.24 bits per heavy atom. The van der Waals surface area contributed by atoms with Crippen molar-refractivity contribution in [3.63, 3.8) is 0 Å². The lowest BCUT2D eigenvalue weighted by Gasteiger charge is -2.35. The van der Waals surface area contributed by atoms with Gasteiger partial charge in [0.25, 0.3) is 0 Å². The zero-order valence-electron chi connectivity index (χ0n) is 10.8. The highest BCUT2D eigenvalue weighted by atomic mass is 16.4. The van der Waals surface area contributed by atoms with Crippen molar-refractivity contribution < 1.29 is 9.90 Å². The number of nitrogens with zero attached hydrogens (tertiary/aromatic N) is 2. The number of likely N-dealkylation sites (tertiary alicyclic amines) is 2. The topological polar surface area (TPSA) is 43.8 Å². The Bertz CT molecular complexity index is 256. The summed E-state index contributed by atoms with van der Waals surface area (Å²) < 4.78 is 0. The van der Waals surface area contributed by atoms with Gasteiger partial charge in [0.2, 0.25) is 0 Å². The van der Waals surface area contributed by atoms with E-state index in [1.807, 2.05) is 0 Å². The molecule has 1 atom stereocenters. The monoisotopic (exact) mass is 240 g/mol. The van der Waals surface area contributed by atoms with E-state index in [9.17, 15) is 4.79 Å². The number of carbonyl (C=O) groups is 1. The second-order valence-corrected chi connectivity index (χ2v) is 5.50. The molecular weight excluding hydrogens is 216 g/mol. The van der Waals surface area contributed by atoms with Crippen LogP contribution in [0, 0.1) is 5.92 Å². The first-order chi connectivity index (χ1) is 8.16. The lowest BCUT2D eigenvalue weighted by atomic mass is 9.95. The van der Waals surface area contributed by atoms with Crippen molar-refractivity contribution in [2.75, 3.05) is 32.7 Å². The zero-order chi connectivity index (χ0) is 12.3. The first kappa shape index (κ1) is 12.8. The highest BCUT2D eigenvalue weighted by Crippen LogP contribution is 2.21. The Hall–Kier alpha value is -0.610. The van der Waals surface area contributed by atoms with E-state index < -0.39 is 5.97 Å². The van der Waals surface area contributed by atoms with Crippen molar-refractivity contribution in [2.45, 2.75) is 38.6 Å². The van der Waals surface area contributed by atoms with Gasteiger partial charge in [-0.15, -0.1) is 0 Å². The lowest BCUT2D eigenvalue weighted by Crippen LogP contribution is -2.45. The van der Waals surface area contributed by atoms with Crippen molar-refractivity contribution >= 4 is 5.97 Å². The van der Waals surface area contributed by atoms with E-state index in [2.05, 4.69) is 9.80 Å². The van der Waals surface area contributed by atoms with E-state index in [1.54, 1.807) is 6.92 Å². The fourth-order valence-corrected chi connectivity index (χ4v) is 3.01. The molecule has 1 N–H and O–H groups in total. The summed E-state index contributed by atoms with van der Waals surface area (Å²) in [4.78, 5) is 15.6. The third-order valence-corrected chi connectivity index (χ3v) is 4.27. The smallest absolute Gasteiger partial charge is 0.320 e. The number of hydrogen-bond acceptors (Lipinski definition) is 3. The van der Waals surface area contributed by atoms with Crippen LogP contribution in [0.1, 0.15) is 32.6 Å². The zero-order valence-corrected chi connectivity index (χ0v) is 10.8. The van der Waals surface area contributed by atoms with Gasteiger partial charge in [0.1, 0.15) is 6.04 Å². The molecule has 0 aromatic carbocycles. The number of carboxylic acid groups (broad SMARTS) is 1. The maximum Gasteiger partial charge on any atom is 0.320 e. The minimum absolute atomic E-state index is 0.317. The normalized spacial score (nSPS) is 26.2. The van der Waals surface area contributed by atoms with Crippen LogP contribution in [0.3, 0.4) is 0 Å². The summed E-state index contributed by atoms with van der Waals surface area (Å²) in [5, 5.41) is 8.98. The number of hydrogen-bond donors (Lipinski definition) is 1. The predicted octanol–water partition coefficient (Wildman–Crippen LogP) is 1.27. The SMILES string of the molecule is CC(C(=O)O)N1CCC(CN2CCCC2)CC1. The molecule has 1 unspecified atom stereocenters. The van der Waals surface area contributed by atoms with Crippen LogP contribution in [0.25, 0.3) is 0 Å².